The van der Waals surface area contributed by atoms with E-state index in [4.69, 9.17) is 11.6 Å². The predicted molar refractivity (Wildman–Crippen MR) is 91.4 cm³/mol. The minimum absolute atomic E-state index is 0.0235. The largest absolute Gasteiger partial charge is 0.372 e. The Bertz CT molecular complexity index is 784. The summed E-state index contributed by atoms with van der Waals surface area (Å²) in [5.41, 5.74) is 0.285. The molecule has 0 amide bonds. The van der Waals surface area contributed by atoms with Crippen LogP contribution in [0.2, 0.25) is 5.02 Å². The first kappa shape index (κ1) is 16.5. The molecule has 0 saturated carbocycles. The summed E-state index contributed by atoms with van der Waals surface area (Å²) in [5, 5.41) is 3.05. The molecule has 0 atom stereocenters. The van der Waals surface area contributed by atoms with Crippen LogP contribution in [-0.2, 0) is 10.0 Å². The fourth-order valence-corrected chi connectivity index (χ4v) is 3.91. The van der Waals surface area contributed by atoms with Gasteiger partial charge in [0.15, 0.2) is 0 Å². The zero-order chi connectivity index (χ0) is 15.6. The van der Waals surface area contributed by atoms with Crippen molar-refractivity contribution >= 4 is 65.0 Å². The molecule has 0 aliphatic carbocycles. The molecule has 2 N–H and O–H groups in total. The number of pyridine rings is 1. The Hall–Kier alpha value is -0.830. The van der Waals surface area contributed by atoms with Crippen molar-refractivity contribution in [2.45, 2.75) is 4.90 Å². The first-order chi connectivity index (χ1) is 9.83. The van der Waals surface area contributed by atoms with E-state index in [1.807, 2.05) is 0 Å². The van der Waals surface area contributed by atoms with Gasteiger partial charge in [0.25, 0.3) is 10.0 Å². The lowest BCUT2D eigenvalue weighted by Crippen LogP contribution is -2.15. The van der Waals surface area contributed by atoms with Gasteiger partial charge in [-0.3, -0.25) is 4.72 Å². The van der Waals surface area contributed by atoms with Gasteiger partial charge >= 0.3 is 0 Å². The van der Waals surface area contributed by atoms with Crippen LogP contribution < -0.4 is 10.0 Å². The second kappa shape index (κ2) is 6.51. The van der Waals surface area contributed by atoms with Gasteiger partial charge in [0.2, 0.25) is 0 Å². The number of hydrogen-bond acceptors (Lipinski definition) is 4. The molecule has 2 aromatic rings. The molecule has 0 unspecified atom stereocenters. The van der Waals surface area contributed by atoms with Crippen LogP contribution in [0.1, 0.15) is 0 Å². The molecular weight excluding hydrogens is 445 g/mol. The topological polar surface area (TPSA) is 71.1 Å². The number of hydrogen-bond donors (Lipinski definition) is 2. The maximum absolute atomic E-state index is 12.5. The molecule has 0 spiro atoms. The SMILES string of the molecule is CNc1ncc(Br)cc1S(=O)(=O)Nc1cc(Br)ccc1Cl. The van der Waals surface area contributed by atoms with Gasteiger partial charge in [-0.25, -0.2) is 13.4 Å². The monoisotopic (exact) mass is 453 g/mol. The van der Waals surface area contributed by atoms with Gasteiger partial charge in [0, 0.05) is 22.2 Å². The lowest BCUT2D eigenvalue weighted by molar-refractivity contribution is 0.601. The zero-order valence-corrected chi connectivity index (χ0v) is 15.4. The molecule has 0 radical (unpaired) electrons. The average Bonchev–Trinajstić information content (AvgIpc) is 2.42. The van der Waals surface area contributed by atoms with E-state index in [9.17, 15) is 8.42 Å². The molecule has 21 heavy (non-hydrogen) atoms. The van der Waals surface area contributed by atoms with E-state index in [1.165, 1.54) is 12.3 Å². The van der Waals surface area contributed by atoms with Gasteiger partial charge in [-0.2, -0.15) is 0 Å². The first-order valence-electron chi connectivity index (χ1n) is 5.64. The zero-order valence-electron chi connectivity index (χ0n) is 10.7. The minimum Gasteiger partial charge on any atom is -0.372 e. The van der Waals surface area contributed by atoms with Crippen LogP contribution in [0.25, 0.3) is 0 Å². The third kappa shape index (κ3) is 3.88. The van der Waals surface area contributed by atoms with E-state index in [-0.39, 0.29) is 16.4 Å². The molecule has 0 saturated heterocycles. The maximum atomic E-state index is 12.5. The third-order valence-electron chi connectivity index (χ3n) is 2.52. The molecule has 2 rings (SSSR count). The van der Waals surface area contributed by atoms with Crippen LogP contribution in [0, 0.1) is 0 Å². The molecule has 1 aromatic carbocycles. The quantitative estimate of drug-likeness (QED) is 0.728. The highest BCUT2D eigenvalue weighted by molar-refractivity contribution is 9.10. The summed E-state index contributed by atoms with van der Waals surface area (Å²) in [4.78, 5) is 4.05. The molecular formula is C12H10Br2ClN3O2S. The number of anilines is 2. The molecule has 1 heterocycles. The number of sulfonamides is 1. The number of benzene rings is 1. The highest BCUT2D eigenvalue weighted by Crippen LogP contribution is 2.30. The smallest absolute Gasteiger partial charge is 0.265 e. The second-order valence-corrected chi connectivity index (χ2v) is 7.87. The predicted octanol–water partition coefficient (Wildman–Crippen LogP) is 4.10. The molecule has 5 nitrogen and oxygen atoms in total. The summed E-state index contributed by atoms with van der Waals surface area (Å²) in [6.45, 7) is 0. The Labute approximate surface area is 144 Å². The summed E-state index contributed by atoms with van der Waals surface area (Å²) in [6.07, 6.45) is 1.51. The van der Waals surface area contributed by atoms with Crippen LogP contribution in [0.15, 0.2) is 44.3 Å². The Morgan fingerprint density at radius 2 is 1.90 bits per heavy atom. The highest BCUT2D eigenvalue weighted by Gasteiger charge is 2.21. The highest BCUT2D eigenvalue weighted by atomic mass is 79.9. The van der Waals surface area contributed by atoms with Crippen molar-refractivity contribution in [1.82, 2.24) is 4.98 Å². The van der Waals surface area contributed by atoms with Gasteiger partial charge < -0.3 is 5.32 Å². The maximum Gasteiger partial charge on any atom is 0.265 e. The number of nitrogens with zero attached hydrogens (tertiary/aromatic N) is 1. The Kier molecular flexibility index (Phi) is 5.13. The van der Waals surface area contributed by atoms with E-state index in [0.717, 1.165) is 0 Å². The molecule has 9 heteroatoms. The first-order valence-corrected chi connectivity index (χ1v) is 9.09. The van der Waals surface area contributed by atoms with Crippen molar-refractivity contribution in [3.05, 3.63) is 44.4 Å². The lowest BCUT2D eigenvalue weighted by atomic mass is 10.3. The van der Waals surface area contributed by atoms with E-state index < -0.39 is 10.0 Å². The molecule has 0 bridgehead atoms. The van der Waals surface area contributed by atoms with Crippen LogP contribution in [-0.4, -0.2) is 20.4 Å². The number of nitrogens with one attached hydrogen (secondary N) is 2. The van der Waals surface area contributed by atoms with E-state index in [0.29, 0.717) is 14.0 Å². The van der Waals surface area contributed by atoms with Crippen LogP contribution >= 0.6 is 43.5 Å². The summed E-state index contributed by atoms with van der Waals surface area (Å²) in [6, 6.07) is 6.37. The molecule has 1 aromatic heterocycles. The van der Waals surface area contributed by atoms with Crippen molar-refractivity contribution < 1.29 is 8.42 Å². The average molecular weight is 456 g/mol. The van der Waals surface area contributed by atoms with Crippen molar-refractivity contribution in [2.24, 2.45) is 0 Å². The van der Waals surface area contributed by atoms with Crippen molar-refractivity contribution in [2.75, 3.05) is 17.1 Å². The third-order valence-corrected chi connectivity index (χ3v) is 5.15. The Morgan fingerprint density at radius 1 is 1.19 bits per heavy atom. The van der Waals surface area contributed by atoms with Gasteiger partial charge in [0.05, 0.1) is 10.7 Å². The van der Waals surface area contributed by atoms with E-state index in [1.54, 1.807) is 25.2 Å². The van der Waals surface area contributed by atoms with Crippen LogP contribution in [0.3, 0.4) is 0 Å². The van der Waals surface area contributed by atoms with Gasteiger partial charge in [-0.15, -0.1) is 0 Å². The molecule has 0 fully saturated rings. The standard InChI is InChI=1S/C12H10Br2ClN3O2S/c1-16-12-11(5-8(14)6-17-12)21(19,20)18-10-4-7(13)2-3-9(10)15/h2-6,18H,1H3,(H,16,17). The van der Waals surface area contributed by atoms with Gasteiger partial charge in [0.1, 0.15) is 10.7 Å². The number of rotatable bonds is 4. The lowest BCUT2D eigenvalue weighted by Gasteiger charge is -2.13. The van der Waals surface area contributed by atoms with E-state index in [2.05, 4.69) is 46.9 Å². The summed E-state index contributed by atoms with van der Waals surface area (Å²) in [5.74, 6) is 0.247. The normalized spacial score (nSPS) is 11.2. The fourth-order valence-electron chi connectivity index (χ4n) is 1.59. The summed E-state index contributed by atoms with van der Waals surface area (Å²) >= 11 is 12.5. The van der Waals surface area contributed by atoms with Gasteiger partial charge in [-0.1, -0.05) is 27.5 Å². The number of halogens is 3. The van der Waals surface area contributed by atoms with E-state index >= 15 is 0 Å². The van der Waals surface area contributed by atoms with Crippen LogP contribution in [0.5, 0.6) is 0 Å². The van der Waals surface area contributed by atoms with Gasteiger partial charge in [-0.05, 0) is 40.2 Å². The summed E-state index contributed by atoms with van der Waals surface area (Å²) in [7, 11) is -2.23. The van der Waals surface area contributed by atoms with Crippen LogP contribution in [0.4, 0.5) is 11.5 Å². The van der Waals surface area contributed by atoms with Crippen molar-refractivity contribution in [3.63, 3.8) is 0 Å². The summed E-state index contributed by atoms with van der Waals surface area (Å²) < 4.78 is 28.7. The number of aromatic nitrogens is 1. The molecule has 0 aliphatic heterocycles. The Morgan fingerprint density at radius 3 is 2.57 bits per heavy atom. The van der Waals surface area contributed by atoms with Crippen molar-refractivity contribution in [1.29, 1.82) is 0 Å². The Balaban J connectivity index is 2.48. The fraction of sp³-hybridized carbons (Fsp3) is 0.0833. The minimum atomic E-state index is -3.83. The van der Waals surface area contributed by atoms with Crippen molar-refractivity contribution in [3.8, 4) is 0 Å². The molecule has 0 aliphatic rings. The second-order valence-electron chi connectivity index (χ2n) is 3.98. The molecule has 112 valence electrons.